The fourth-order valence-electron chi connectivity index (χ4n) is 6.15. The molecule has 3 heterocycles. The first-order valence-corrected chi connectivity index (χ1v) is 17.8. The molecule has 6 rings (SSSR count). The van der Waals surface area contributed by atoms with E-state index in [2.05, 4.69) is 15.3 Å². The van der Waals surface area contributed by atoms with E-state index < -0.39 is 59.6 Å². The standard InChI is InChI=1S/C35H32F6N4O5.2C2H6/c1-18-14-20(45-12-13-49-17-27(45)35(39,40)41)16-24(36)28(18)32(46)44-25(33(47)48)15-19-5-8-23(30-22(19)4-3-10-42-30)31-29(34(2,37)38)26(9-11-43-31)50-21-6-7-21;2*1-2/h3-5,8-11,14,16,21,25,27H,6-7,12-13,15,17H2,1-2H3,(H,44,46)(H,47,48);2*1-2H3/t25-,27+;;/m0../s1. The number of hydrogen-bond acceptors (Lipinski definition) is 7. The van der Waals surface area contributed by atoms with Gasteiger partial charge in [-0.25, -0.2) is 18.0 Å². The number of morpholine rings is 1. The molecule has 15 heteroatoms. The molecule has 0 radical (unpaired) electrons. The van der Waals surface area contributed by atoms with Gasteiger partial charge in [0.1, 0.15) is 23.7 Å². The number of amides is 1. The van der Waals surface area contributed by atoms with E-state index in [4.69, 9.17) is 9.47 Å². The molecule has 1 saturated carbocycles. The molecule has 1 amide bonds. The van der Waals surface area contributed by atoms with E-state index in [1.807, 2.05) is 27.7 Å². The minimum Gasteiger partial charge on any atom is -0.490 e. The van der Waals surface area contributed by atoms with Crippen LogP contribution in [-0.2, 0) is 21.9 Å². The van der Waals surface area contributed by atoms with Crippen LogP contribution in [0, 0.1) is 12.7 Å². The zero-order chi connectivity index (χ0) is 40.0. The average Bonchev–Trinajstić information content (AvgIpc) is 3.96. The molecule has 2 N–H and O–H groups in total. The summed E-state index contributed by atoms with van der Waals surface area (Å²) in [5, 5.41) is 12.8. The van der Waals surface area contributed by atoms with Crippen molar-refractivity contribution in [3.8, 4) is 17.0 Å². The van der Waals surface area contributed by atoms with Crippen LogP contribution in [0.1, 0.15) is 74.5 Å². The normalized spacial score (nSPS) is 16.4. The molecule has 2 fully saturated rings. The van der Waals surface area contributed by atoms with E-state index >= 15 is 13.2 Å². The van der Waals surface area contributed by atoms with Crippen molar-refractivity contribution in [1.82, 2.24) is 15.3 Å². The molecule has 2 aromatic carbocycles. The van der Waals surface area contributed by atoms with Crippen LogP contribution in [0.3, 0.4) is 0 Å². The summed E-state index contributed by atoms with van der Waals surface area (Å²) in [6, 6.07) is 6.06. The monoisotopic (exact) mass is 762 g/mol. The first kappa shape index (κ1) is 41.8. The number of carbonyl (C=O) groups excluding carboxylic acids is 1. The summed E-state index contributed by atoms with van der Waals surface area (Å²) in [5.74, 6) is -6.99. The molecule has 54 heavy (non-hydrogen) atoms. The van der Waals surface area contributed by atoms with Crippen molar-refractivity contribution in [2.75, 3.05) is 24.7 Å². The molecule has 0 unspecified atom stereocenters. The fourth-order valence-corrected chi connectivity index (χ4v) is 6.15. The number of ether oxygens (including phenoxy) is 2. The molecule has 1 aliphatic carbocycles. The maximum absolute atomic E-state index is 15.4. The van der Waals surface area contributed by atoms with Crippen LogP contribution in [0.25, 0.3) is 22.2 Å². The van der Waals surface area contributed by atoms with Crippen molar-refractivity contribution in [3.63, 3.8) is 0 Å². The fraction of sp³-hybridized carbons (Fsp3) is 0.436. The quantitative estimate of drug-likeness (QED) is 0.155. The molecule has 0 bridgehead atoms. The van der Waals surface area contributed by atoms with E-state index in [0.29, 0.717) is 10.9 Å². The zero-order valence-electron chi connectivity index (χ0n) is 30.9. The van der Waals surface area contributed by atoms with Crippen LogP contribution in [0.4, 0.5) is 32.0 Å². The number of aromatic nitrogens is 2. The predicted octanol–water partition coefficient (Wildman–Crippen LogP) is 8.64. The van der Waals surface area contributed by atoms with Gasteiger partial charge < -0.3 is 24.8 Å². The Balaban J connectivity index is 0.00000157. The summed E-state index contributed by atoms with van der Waals surface area (Å²) >= 11 is 0. The lowest BCUT2D eigenvalue weighted by molar-refractivity contribution is -0.167. The second kappa shape index (κ2) is 17.5. The predicted molar refractivity (Wildman–Crippen MR) is 193 cm³/mol. The van der Waals surface area contributed by atoms with E-state index in [1.165, 1.54) is 43.6 Å². The summed E-state index contributed by atoms with van der Waals surface area (Å²) < 4.78 is 97.2. The Bertz CT molecular complexity index is 1920. The van der Waals surface area contributed by atoms with Crippen molar-refractivity contribution >= 4 is 28.5 Å². The molecule has 0 spiro atoms. The third kappa shape index (κ3) is 9.41. The lowest BCUT2D eigenvalue weighted by atomic mass is 9.94. The molecule has 1 saturated heterocycles. The van der Waals surface area contributed by atoms with Gasteiger partial charge in [-0.05, 0) is 55.2 Å². The minimum atomic E-state index is -4.65. The van der Waals surface area contributed by atoms with E-state index in [1.54, 1.807) is 12.1 Å². The third-order valence-electron chi connectivity index (χ3n) is 8.65. The van der Waals surface area contributed by atoms with Gasteiger partial charge >= 0.3 is 12.1 Å². The minimum absolute atomic E-state index is 0.00279. The number of alkyl halides is 5. The highest BCUT2D eigenvalue weighted by Gasteiger charge is 2.46. The van der Waals surface area contributed by atoms with Gasteiger partial charge in [0, 0.05) is 48.9 Å². The number of carboxylic acids is 1. The molecular weight excluding hydrogens is 718 g/mol. The van der Waals surface area contributed by atoms with Crippen LogP contribution in [0.15, 0.2) is 54.9 Å². The van der Waals surface area contributed by atoms with Crippen LogP contribution in [-0.4, -0.2) is 71.1 Å². The maximum Gasteiger partial charge on any atom is 0.411 e. The molecule has 2 atom stereocenters. The van der Waals surface area contributed by atoms with Gasteiger partial charge in [-0.1, -0.05) is 45.9 Å². The lowest BCUT2D eigenvalue weighted by Crippen LogP contribution is -2.53. The molecule has 4 aromatic rings. The van der Waals surface area contributed by atoms with Crippen LogP contribution >= 0.6 is 0 Å². The van der Waals surface area contributed by atoms with Crippen molar-refractivity contribution in [1.29, 1.82) is 0 Å². The Hall–Kier alpha value is -4.92. The first-order chi connectivity index (χ1) is 25.6. The molecule has 1 aliphatic heterocycles. The Kier molecular flexibility index (Phi) is 13.5. The lowest BCUT2D eigenvalue weighted by Gasteiger charge is -2.38. The van der Waals surface area contributed by atoms with Crippen molar-refractivity contribution < 1.29 is 50.5 Å². The number of hydrogen-bond donors (Lipinski definition) is 2. The Morgan fingerprint density at radius 3 is 2.35 bits per heavy atom. The summed E-state index contributed by atoms with van der Waals surface area (Å²) in [6.07, 6.45) is -0.801. The number of aliphatic carboxylic acids is 1. The number of nitrogens with zero attached hydrogens (tertiary/aromatic N) is 3. The Morgan fingerprint density at radius 2 is 1.74 bits per heavy atom. The molecule has 2 aromatic heterocycles. The van der Waals surface area contributed by atoms with Crippen molar-refractivity contribution in [2.45, 2.75) is 91.1 Å². The number of nitrogens with one attached hydrogen (secondary N) is 1. The second-order valence-corrected chi connectivity index (χ2v) is 12.4. The van der Waals surface area contributed by atoms with Crippen LogP contribution in [0.5, 0.6) is 5.75 Å². The molecule has 2 aliphatic rings. The molecule has 9 nitrogen and oxygen atoms in total. The van der Waals surface area contributed by atoms with Crippen LogP contribution in [0.2, 0.25) is 0 Å². The number of carbonyl (C=O) groups is 2. The van der Waals surface area contributed by atoms with Gasteiger partial charge in [0.25, 0.3) is 11.8 Å². The highest BCUT2D eigenvalue weighted by molar-refractivity contribution is 5.99. The number of halogens is 6. The number of rotatable bonds is 10. The zero-order valence-corrected chi connectivity index (χ0v) is 30.9. The van der Waals surface area contributed by atoms with E-state index in [9.17, 15) is 27.9 Å². The number of carboxylic acid groups (broad SMARTS) is 1. The van der Waals surface area contributed by atoms with E-state index in [-0.39, 0.29) is 59.5 Å². The van der Waals surface area contributed by atoms with Crippen molar-refractivity contribution in [3.05, 3.63) is 82.9 Å². The van der Waals surface area contributed by atoms with Gasteiger partial charge in [-0.15, -0.1) is 0 Å². The number of aryl methyl sites for hydroxylation is 1. The smallest absolute Gasteiger partial charge is 0.411 e. The summed E-state index contributed by atoms with van der Waals surface area (Å²) in [6.45, 7) is 9.28. The molecular formula is C39H44F6N4O5. The van der Waals surface area contributed by atoms with Gasteiger partial charge in [-0.3, -0.25) is 14.8 Å². The number of pyridine rings is 2. The van der Waals surface area contributed by atoms with Crippen molar-refractivity contribution in [2.24, 2.45) is 0 Å². The highest BCUT2D eigenvalue weighted by atomic mass is 19.4. The maximum atomic E-state index is 15.4. The first-order valence-electron chi connectivity index (χ1n) is 17.8. The SMILES string of the molecule is CC.CC.Cc1cc(N2CCOC[C@@H]2C(F)(F)F)cc(F)c1C(=O)N[C@@H](Cc1ccc(-c2nccc(OC3CC3)c2C(C)(F)F)c2ncccc12)C(=O)O. The highest BCUT2D eigenvalue weighted by Crippen LogP contribution is 2.44. The summed E-state index contributed by atoms with van der Waals surface area (Å²) in [5.41, 5.74) is -0.195. The average molecular weight is 763 g/mol. The van der Waals surface area contributed by atoms with Gasteiger partial charge in [-0.2, -0.15) is 13.2 Å². The van der Waals surface area contributed by atoms with Gasteiger partial charge in [0.05, 0.1) is 41.7 Å². The summed E-state index contributed by atoms with van der Waals surface area (Å²) in [4.78, 5) is 35.3. The third-order valence-corrected chi connectivity index (χ3v) is 8.65. The number of benzene rings is 2. The largest absolute Gasteiger partial charge is 0.490 e. The molecule has 292 valence electrons. The second-order valence-electron chi connectivity index (χ2n) is 12.4. The summed E-state index contributed by atoms with van der Waals surface area (Å²) in [7, 11) is 0. The van der Waals surface area contributed by atoms with E-state index in [0.717, 1.165) is 30.7 Å². The van der Waals surface area contributed by atoms with Crippen LogP contribution < -0.4 is 15.0 Å². The number of anilines is 1. The topological polar surface area (TPSA) is 114 Å². The number of fused-ring (bicyclic) bond motifs is 1. The Morgan fingerprint density at radius 1 is 1.04 bits per heavy atom. The van der Waals surface area contributed by atoms with Gasteiger partial charge in [0.2, 0.25) is 0 Å². The van der Waals surface area contributed by atoms with Gasteiger partial charge in [0.15, 0.2) is 0 Å². The Labute approximate surface area is 309 Å².